The number of carbonyl (C=O) groups excluding carboxylic acids is 3. The van der Waals surface area contributed by atoms with Crippen LogP contribution >= 0.6 is 11.3 Å². The summed E-state index contributed by atoms with van der Waals surface area (Å²) in [7, 11) is 1.70. The largest absolute Gasteiger partial charge is 0.444 e. The van der Waals surface area contributed by atoms with Crippen molar-refractivity contribution in [2.45, 2.75) is 64.8 Å². The summed E-state index contributed by atoms with van der Waals surface area (Å²) in [6, 6.07) is -1.12. The molecule has 0 aliphatic carbocycles. The monoisotopic (exact) mass is 512 g/mol. The van der Waals surface area contributed by atoms with Gasteiger partial charge in [0.25, 0.3) is 0 Å². The molecule has 1 saturated heterocycles. The van der Waals surface area contributed by atoms with Gasteiger partial charge in [0, 0.05) is 51.5 Å². The first-order chi connectivity index (χ1) is 16.8. The molecule has 3 N–H and O–H groups in total. The molecule has 4 amide bonds. The lowest BCUT2D eigenvalue weighted by atomic mass is 10.1. The predicted molar refractivity (Wildman–Crippen MR) is 134 cm³/mol. The lowest BCUT2D eigenvalue weighted by molar-refractivity contribution is -0.123. The molecule has 0 saturated carbocycles. The van der Waals surface area contributed by atoms with E-state index in [1.54, 1.807) is 23.7 Å². The van der Waals surface area contributed by atoms with Gasteiger partial charge in [-0.1, -0.05) is 0 Å². The summed E-state index contributed by atoms with van der Waals surface area (Å²) >= 11 is 1.43. The Bertz CT molecular complexity index is 774. The lowest BCUT2D eigenvalue weighted by Crippen LogP contribution is -2.53. The van der Waals surface area contributed by atoms with Crippen LogP contribution in [0.5, 0.6) is 0 Å². The Kier molecular flexibility index (Phi) is 12.8. The van der Waals surface area contributed by atoms with E-state index in [0.717, 1.165) is 18.0 Å². The third-order valence-electron chi connectivity index (χ3n) is 5.89. The average molecular weight is 513 g/mol. The zero-order chi connectivity index (χ0) is 25.6. The Balaban J connectivity index is 1.76. The normalized spacial score (nSPS) is 16.6. The summed E-state index contributed by atoms with van der Waals surface area (Å²) in [4.78, 5) is 46.0. The van der Waals surface area contributed by atoms with E-state index in [-0.39, 0.29) is 30.6 Å². The molecule has 35 heavy (non-hydrogen) atoms. The minimum atomic E-state index is -0.626. The summed E-state index contributed by atoms with van der Waals surface area (Å²) in [5.74, 6) is -0.201. The number of amides is 4. The van der Waals surface area contributed by atoms with Crippen molar-refractivity contribution in [1.29, 1.82) is 0 Å². The second-order valence-corrected chi connectivity index (χ2v) is 9.81. The molecule has 198 valence electrons. The summed E-state index contributed by atoms with van der Waals surface area (Å²) < 4.78 is 10.6. The molecule has 1 fully saturated rings. The molecule has 2 heterocycles. The molecule has 0 spiro atoms. The summed E-state index contributed by atoms with van der Waals surface area (Å²) in [5, 5.41) is 8.69. The van der Waals surface area contributed by atoms with Crippen LogP contribution in [-0.2, 0) is 20.9 Å². The number of urea groups is 1. The van der Waals surface area contributed by atoms with E-state index in [9.17, 15) is 14.4 Å². The Morgan fingerprint density at radius 2 is 1.83 bits per heavy atom. The van der Waals surface area contributed by atoms with E-state index in [1.807, 2.05) is 20.8 Å². The zero-order valence-electron chi connectivity index (χ0n) is 21.2. The van der Waals surface area contributed by atoms with Crippen molar-refractivity contribution in [3.8, 4) is 0 Å². The molecular weight excluding hydrogens is 472 g/mol. The highest BCUT2D eigenvalue weighted by molar-refractivity contribution is 7.09. The van der Waals surface area contributed by atoms with Crippen molar-refractivity contribution in [2.75, 3.05) is 46.4 Å². The number of nitrogens with zero attached hydrogens (tertiary/aromatic N) is 3. The minimum absolute atomic E-state index is 0.113. The molecule has 11 nitrogen and oxygen atoms in total. The maximum Gasteiger partial charge on any atom is 0.407 e. The highest BCUT2D eigenvalue weighted by atomic mass is 32.1. The number of aromatic nitrogens is 1. The highest BCUT2D eigenvalue weighted by Crippen LogP contribution is 2.08. The van der Waals surface area contributed by atoms with E-state index >= 15 is 0 Å². The van der Waals surface area contributed by atoms with Gasteiger partial charge < -0.3 is 30.3 Å². The van der Waals surface area contributed by atoms with Crippen LogP contribution in [0.15, 0.2) is 11.7 Å². The van der Waals surface area contributed by atoms with Crippen LogP contribution in [0.3, 0.4) is 0 Å². The number of hydrogen-bond donors (Lipinski definition) is 3. The van der Waals surface area contributed by atoms with E-state index in [1.165, 1.54) is 11.3 Å². The van der Waals surface area contributed by atoms with Crippen molar-refractivity contribution in [2.24, 2.45) is 0 Å². The minimum Gasteiger partial charge on any atom is -0.444 e. The standard InChI is InChI=1S/C23H40N6O5S/c1-5-28(4)22(31)27-20(8-9-29-10-12-33-13-11-29)21(30)25-17(2)6-7-18(3)26-23(32)34-15-19-14-24-16-35-19/h14,16-18,20H,5-13,15H2,1-4H3,(H,25,30)(H,26,32)(H,27,31). The van der Waals surface area contributed by atoms with Crippen LogP contribution in [0.4, 0.5) is 9.59 Å². The number of rotatable bonds is 13. The Hall–Kier alpha value is -2.44. The quantitative estimate of drug-likeness (QED) is 0.368. The Morgan fingerprint density at radius 3 is 2.46 bits per heavy atom. The molecule has 1 aromatic rings. The second-order valence-electron chi connectivity index (χ2n) is 8.84. The number of carbonyl (C=O) groups is 3. The predicted octanol–water partition coefficient (Wildman–Crippen LogP) is 1.79. The molecule has 1 aliphatic rings. The molecular formula is C23H40N6O5S. The highest BCUT2D eigenvalue weighted by Gasteiger charge is 2.25. The van der Waals surface area contributed by atoms with Gasteiger partial charge in [-0.2, -0.15) is 0 Å². The molecule has 0 aromatic carbocycles. The Morgan fingerprint density at radius 1 is 1.14 bits per heavy atom. The summed E-state index contributed by atoms with van der Waals surface area (Å²) in [6.45, 7) is 10.2. The van der Waals surface area contributed by atoms with Crippen LogP contribution < -0.4 is 16.0 Å². The van der Waals surface area contributed by atoms with E-state index < -0.39 is 12.1 Å². The van der Waals surface area contributed by atoms with Gasteiger partial charge in [-0.05, 0) is 40.0 Å². The first-order valence-corrected chi connectivity index (χ1v) is 13.1. The number of thiazole rings is 1. The fourth-order valence-corrected chi connectivity index (χ4v) is 3.99. The number of morpholine rings is 1. The molecule has 1 aliphatic heterocycles. The smallest absolute Gasteiger partial charge is 0.407 e. The maximum atomic E-state index is 13.0. The molecule has 0 radical (unpaired) electrons. The third-order valence-corrected chi connectivity index (χ3v) is 6.64. The number of nitrogens with one attached hydrogen (secondary N) is 3. The van der Waals surface area contributed by atoms with Crippen molar-refractivity contribution in [1.82, 2.24) is 30.7 Å². The Labute approximate surface area is 211 Å². The van der Waals surface area contributed by atoms with E-state index in [0.29, 0.717) is 45.6 Å². The number of ether oxygens (including phenoxy) is 2. The van der Waals surface area contributed by atoms with Crippen LogP contribution in [0, 0.1) is 0 Å². The van der Waals surface area contributed by atoms with Crippen molar-refractivity contribution in [3.05, 3.63) is 16.6 Å². The number of alkyl carbamates (subject to hydrolysis) is 1. The van der Waals surface area contributed by atoms with Gasteiger partial charge in [-0.25, -0.2) is 9.59 Å². The van der Waals surface area contributed by atoms with Crippen LogP contribution in [0.25, 0.3) is 0 Å². The van der Waals surface area contributed by atoms with Gasteiger partial charge in [-0.15, -0.1) is 11.3 Å². The molecule has 12 heteroatoms. The molecule has 0 bridgehead atoms. The molecule has 1 aromatic heterocycles. The van der Waals surface area contributed by atoms with Crippen molar-refractivity contribution >= 4 is 29.4 Å². The fourth-order valence-electron chi connectivity index (χ4n) is 3.49. The van der Waals surface area contributed by atoms with Crippen LogP contribution in [-0.4, -0.2) is 97.4 Å². The van der Waals surface area contributed by atoms with Crippen LogP contribution in [0.2, 0.25) is 0 Å². The fraction of sp³-hybridized carbons (Fsp3) is 0.739. The maximum absolute atomic E-state index is 13.0. The third kappa shape index (κ3) is 11.2. The first-order valence-electron chi connectivity index (χ1n) is 12.2. The van der Waals surface area contributed by atoms with Gasteiger partial charge in [0.15, 0.2) is 0 Å². The SMILES string of the molecule is CCN(C)C(=O)NC(CCN1CCOCC1)C(=O)NC(C)CCC(C)NC(=O)OCc1cncs1. The summed E-state index contributed by atoms with van der Waals surface area (Å²) in [5.41, 5.74) is 1.69. The van der Waals surface area contributed by atoms with Gasteiger partial charge in [0.05, 0.1) is 23.6 Å². The first kappa shape index (κ1) is 28.8. The van der Waals surface area contributed by atoms with Crippen molar-refractivity contribution < 1.29 is 23.9 Å². The molecule has 3 unspecified atom stereocenters. The van der Waals surface area contributed by atoms with Crippen molar-refractivity contribution in [3.63, 3.8) is 0 Å². The van der Waals surface area contributed by atoms with Crippen LogP contribution in [0.1, 0.15) is 44.9 Å². The summed E-state index contributed by atoms with van der Waals surface area (Å²) in [6.07, 6.45) is 3.05. The van der Waals surface area contributed by atoms with Gasteiger partial charge in [0.1, 0.15) is 12.6 Å². The lowest BCUT2D eigenvalue weighted by Gasteiger charge is -2.29. The van der Waals surface area contributed by atoms with E-state index in [4.69, 9.17) is 9.47 Å². The molecule has 2 rings (SSSR count). The molecule has 3 atom stereocenters. The van der Waals surface area contributed by atoms with Gasteiger partial charge in [-0.3, -0.25) is 14.7 Å². The van der Waals surface area contributed by atoms with E-state index in [2.05, 4.69) is 25.8 Å². The number of hydrogen-bond acceptors (Lipinski definition) is 8. The second kappa shape index (κ2) is 15.5. The topological polar surface area (TPSA) is 125 Å². The average Bonchev–Trinajstić information content (AvgIpc) is 3.37. The van der Waals surface area contributed by atoms with Gasteiger partial charge in [0.2, 0.25) is 5.91 Å². The zero-order valence-corrected chi connectivity index (χ0v) is 22.1. The van der Waals surface area contributed by atoms with Gasteiger partial charge >= 0.3 is 12.1 Å².